The molecule has 5 N–H and O–H groups in total. The van der Waals surface area contributed by atoms with Crippen molar-refractivity contribution in [2.24, 2.45) is 16.5 Å². The molecule has 0 bridgehead atoms. The predicted octanol–water partition coefficient (Wildman–Crippen LogP) is 1.26. The zero-order chi connectivity index (χ0) is 14.4. The summed E-state index contributed by atoms with van der Waals surface area (Å²) in [5.74, 6) is -0.444. The molecular weight excluding hydrogens is 246 g/mol. The molecule has 1 unspecified atom stereocenters. The minimum Gasteiger partial charge on any atom is -0.491 e. The number of rotatable bonds is 6. The van der Waals surface area contributed by atoms with Crippen LogP contribution in [0.3, 0.4) is 0 Å². The van der Waals surface area contributed by atoms with Gasteiger partial charge in [0.2, 0.25) is 0 Å². The Hall–Kier alpha value is -2.24. The molecule has 0 aromatic heterocycles. The van der Waals surface area contributed by atoms with Gasteiger partial charge in [-0.25, -0.2) is 4.99 Å². The van der Waals surface area contributed by atoms with E-state index in [9.17, 15) is 4.79 Å². The second-order valence-corrected chi connectivity index (χ2v) is 4.41. The zero-order valence-corrected chi connectivity index (χ0v) is 11.0. The van der Waals surface area contributed by atoms with Gasteiger partial charge >= 0.3 is 5.97 Å². The number of aliphatic imine (C=N–C) groups is 1. The molecule has 19 heavy (non-hydrogen) atoms. The Morgan fingerprint density at radius 2 is 2.11 bits per heavy atom. The largest absolute Gasteiger partial charge is 0.491 e. The summed E-state index contributed by atoms with van der Waals surface area (Å²) in [6.45, 7) is 3.83. The van der Waals surface area contributed by atoms with Gasteiger partial charge in [0, 0.05) is 0 Å². The summed E-state index contributed by atoms with van der Waals surface area (Å²) in [6, 6.07) is 6.49. The van der Waals surface area contributed by atoms with Gasteiger partial charge in [-0.1, -0.05) is 12.1 Å². The van der Waals surface area contributed by atoms with Crippen molar-refractivity contribution in [3.63, 3.8) is 0 Å². The van der Waals surface area contributed by atoms with Crippen LogP contribution in [0.2, 0.25) is 0 Å². The van der Waals surface area contributed by atoms with E-state index in [1.807, 2.05) is 13.8 Å². The average Bonchev–Trinajstić information content (AvgIpc) is 2.26. The predicted molar refractivity (Wildman–Crippen MR) is 73.0 cm³/mol. The Bertz CT molecular complexity index is 468. The van der Waals surface area contributed by atoms with Gasteiger partial charge in [-0.2, -0.15) is 0 Å². The maximum absolute atomic E-state index is 10.8. The van der Waals surface area contributed by atoms with Crippen molar-refractivity contribution in [2.45, 2.75) is 32.4 Å². The number of aliphatic carboxylic acids is 1. The highest BCUT2D eigenvalue weighted by Crippen LogP contribution is 2.25. The Morgan fingerprint density at radius 3 is 2.63 bits per heavy atom. The molecule has 0 fully saturated rings. The van der Waals surface area contributed by atoms with Crippen molar-refractivity contribution < 1.29 is 14.6 Å². The summed E-state index contributed by atoms with van der Waals surface area (Å²) in [5.41, 5.74) is 11.4. The first-order chi connectivity index (χ1) is 8.88. The van der Waals surface area contributed by atoms with Crippen LogP contribution >= 0.6 is 0 Å². The molecule has 6 nitrogen and oxygen atoms in total. The lowest BCUT2D eigenvalue weighted by Crippen LogP contribution is -2.24. The third kappa shape index (κ3) is 5.29. The summed E-state index contributed by atoms with van der Waals surface area (Å²) in [7, 11) is 0. The summed E-state index contributed by atoms with van der Waals surface area (Å²) in [6.07, 6.45) is -0.139. The van der Waals surface area contributed by atoms with Crippen LogP contribution in [0.4, 0.5) is 0 Å². The van der Waals surface area contributed by atoms with Gasteiger partial charge in [-0.3, -0.25) is 4.79 Å². The van der Waals surface area contributed by atoms with Crippen LogP contribution in [-0.4, -0.2) is 23.1 Å². The van der Waals surface area contributed by atoms with E-state index in [1.165, 1.54) is 0 Å². The number of carboxylic acid groups (broad SMARTS) is 1. The van der Waals surface area contributed by atoms with E-state index >= 15 is 0 Å². The smallest absolute Gasteiger partial charge is 0.305 e. The fourth-order valence-electron chi connectivity index (χ4n) is 1.65. The SMILES string of the molecule is CC(C)Oc1cccc(C(CC(=O)O)N=C(N)N)c1. The number of ether oxygens (including phenoxy) is 1. The quantitative estimate of drug-likeness (QED) is 0.529. The third-order valence-electron chi connectivity index (χ3n) is 2.29. The summed E-state index contributed by atoms with van der Waals surface area (Å²) in [4.78, 5) is 14.8. The van der Waals surface area contributed by atoms with Crippen LogP contribution in [0.5, 0.6) is 5.75 Å². The molecule has 6 heteroatoms. The third-order valence-corrected chi connectivity index (χ3v) is 2.29. The topological polar surface area (TPSA) is 111 Å². The van der Waals surface area contributed by atoms with Crippen molar-refractivity contribution in [2.75, 3.05) is 0 Å². The van der Waals surface area contributed by atoms with Gasteiger partial charge in [-0.05, 0) is 31.5 Å². The van der Waals surface area contributed by atoms with Gasteiger partial charge in [0.25, 0.3) is 0 Å². The molecule has 0 spiro atoms. The first-order valence-corrected chi connectivity index (χ1v) is 5.95. The number of hydrogen-bond acceptors (Lipinski definition) is 3. The Labute approximate surface area is 112 Å². The number of carboxylic acids is 1. The van der Waals surface area contributed by atoms with Crippen molar-refractivity contribution in [1.82, 2.24) is 0 Å². The Morgan fingerprint density at radius 1 is 1.42 bits per heavy atom. The summed E-state index contributed by atoms with van der Waals surface area (Å²) < 4.78 is 5.56. The Balaban J connectivity index is 3.01. The Kier molecular flexibility index (Phi) is 5.17. The number of nitrogens with zero attached hydrogens (tertiary/aromatic N) is 1. The molecule has 1 atom stereocenters. The summed E-state index contributed by atoms with van der Waals surface area (Å²) in [5, 5.41) is 8.89. The molecule has 0 aliphatic rings. The molecule has 104 valence electrons. The molecule has 1 aromatic rings. The maximum atomic E-state index is 10.8. The van der Waals surface area contributed by atoms with Gasteiger partial charge in [-0.15, -0.1) is 0 Å². The number of carbonyl (C=O) groups is 1. The highest BCUT2D eigenvalue weighted by molar-refractivity contribution is 5.77. The molecule has 0 aliphatic carbocycles. The van der Waals surface area contributed by atoms with Crippen LogP contribution in [0.15, 0.2) is 29.3 Å². The number of benzene rings is 1. The maximum Gasteiger partial charge on any atom is 0.305 e. The lowest BCUT2D eigenvalue weighted by Gasteiger charge is -2.14. The van der Waals surface area contributed by atoms with Crippen molar-refractivity contribution in [3.8, 4) is 5.75 Å². The normalized spacial score (nSPS) is 11.9. The van der Waals surface area contributed by atoms with E-state index in [1.54, 1.807) is 24.3 Å². The minimum absolute atomic E-state index is 0.0382. The van der Waals surface area contributed by atoms with Crippen LogP contribution in [0.25, 0.3) is 0 Å². The molecule has 0 saturated carbocycles. The lowest BCUT2D eigenvalue weighted by molar-refractivity contribution is -0.137. The molecular formula is C13H19N3O3. The van der Waals surface area contributed by atoms with Crippen molar-refractivity contribution >= 4 is 11.9 Å². The molecule has 0 radical (unpaired) electrons. The van der Waals surface area contributed by atoms with E-state index in [2.05, 4.69) is 4.99 Å². The average molecular weight is 265 g/mol. The zero-order valence-electron chi connectivity index (χ0n) is 11.0. The van der Waals surface area contributed by atoms with Crippen LogP contribution < -0.4 is 16.2 Å². The minimum atomic E-state index is -0.967. The van der Waals surface area contributed by atoms with E-state index in [4.69, 9.17) is 21.3 Å². The number of hydrogen-bond donors (Lipinski definition) is 3. The molecule has 0 heterocycles. The molecule has 1 aromatic carbocycles. The fraction of sp³-hybridized carbons (Fsp3) is 0.385. The summed E-state index contributed by atoms with van der Waals surface area (Å²) >= 11 is 0. The van der Waals surface area contributed by atoms with E-state index in [0.29, 0.717) is 11.3 Å². The van der Waals surface area contributed by atoms with Gasteiger partial charge < -0.3 is 21.3 Å². The van der Waals surface area contributed by atoms with Crippen LogP contribution in [0, 0.1) is 0 Å². The van der Waals surface area contributed by atoms with Crippen LogP contribution in [-0.2, 0) is 4.79 Å². The van der Waals surface area contributed by atoms with E-state index in [-0.39, 0.29) is 18.5 Å². The molecule has 0 aliphatic heterocycles. The van der Waals surface area contributed by atoms with Crippen molar-refractivity contribution in [1.29, 1.82) is 0 Å². The highest BCUT2D eigenvalue weighted by Gasteiger charge is 2.15. The number of guanidine groups is 1. The second-order valence-electron chi connectivity index (χ2n) is 4.41. The molecule has 0 amide bonds. The first-order valence-electron chi connectivity index (χ1n) is 5.95. The number of nitrogens with two attached hydrogens (primary N) is 2. The first kappa shape index (κ1) is 14.8. The van der Waals surface area contributed by atoms with Crippen LogP contribution in [0.1, 0.15) is 31.9 Å². The van der Waals surface area contributed by atoms with Crippen molar-refractivity contribution in [3.05, 3.63) is 29.8 Å². The lowest BCUT2D eigenvalue weighted by atomic mass is 10.0. The van der Waals surface area contributed by atoms with E-state index in [0.717, 1.165) is 0 Å². The van der Waals surface area contributed by atoms with E-state index < -0.39 is 12.0 Å². The monoisotopic (exact) mass is 265 g/mol. The second kappa shape index (κ2) is 6.63. The van der Waals surface area contributed by atoms with Gasteiger partial charge in [0.15, 0.2) is 5.96 Å². The van der Waals surface area contributed by atoms with Gasteiger partial charge in [0.1, 0.15) is 5.75 Å². The van der Waals surface area contributed by atoms with Gasteiger partial charge in [0.05, 0.1) is 18.6 Å². The fourth-order valence-corrected chi connectivity index (χ4v) is 1.65. The molecule has 1 rings (SSSR count). The molecule has 0 saturated heterocycles. The standard InChI is InChI=1S/C13H19N3O3/c1-8(2)19-10-5-3-4-9(6-10)11(7-12(17)18)16-13(14)15/h3-6,8,11H,7H2,1-2H3,(H,17,18)(H4,14,15,16). The highest BCUT2D eigenvalue weighted by atomic mass is 16.5.